The third kappa shape index (κ3) is 9.28. The molecule has 16 aliphatic heterocycles. The predicted octanol–water partition coefficient (Wildman–Crippen LogP) is 3.22. The van der Waals surface area contributed by atoms with Crippen LogP contribution in [0.3, 0.4) is 0 Å². The SMILES string of the molecule is C=C1C[C@@H]2CC[C@]34O[C@H]5[C@H]6O[C@H](CC[C@@H]6OC6[C@H]5OC(O)([C@H]3O)[C@H]6O4)CC(=O)OC3[C@H](CC4O[C@@H](CCC1O2)C[C@@H](C)C4=C)O[C@H]1C[C@H]2O[C@@]4(C[C@@H]5OC6(C[C@H](C)[C@@H]7O[C@H]([C@@H](O)C[C@@H](O)CO)C[C@@H]7O6)C[C@H](C)[C@@H]5O4)C[C@H]2O[C@H]1[C@@H]3C. The van der Waals surface area contributed by atoms with Crippen LogP contribution < -0.4 is 0 Å². The molecule has 0 aromatic rings. The van der Waals surface area contributed by atoms with Crippen LogP contribution in [-0.4, -0.2) is 214 Å². The molecule has 12 bridgehead atoms. The third-order valence-corrected chi connectivity index (χ3v) is 22.2. The van der Waals surface area contributed by atoms with Crippen molar-refractivity contribution in [3.8, 4) is 0 Å². The Morgan fingerprint density at radius 2 is 1.27 bits per heavy atom. The average Bonchev–Trinajstić information content (AvgIpc) is 2.02. The summed E-state index contributed by atoms with van der Waals surface area (Å²) >= 11 is 0. The summed E-state index contributed by atoms with van der Waals surface area (Å²) in [6, 6.07) is 0. The number of hydrogen-bond acceptors (Lipinski definition) is 21. The molecule has 81 heavy (non-hydrogen) atoms. The summed E-state index contributed by atoms with van der Waals surface area (Å²) in [7, 11) is 0. The average molecular weight is 1140 g/mol. The van der Waals surface area contributed by atoms with Crippen LogP contribution in [0.4, 0.5) is 0 Å². The van der Waals surface area contributed by atoms with E-state index in [2.05, 4.69) is 40.9 Å². The summed E-state index contributed by atoms with van der Waals surface area (Å²) in [6.45, 7) is 17.2. The molecule has 16 fully saturated rings. The van der Waals surface area contributed by atoms with Gasteiger partial charge in [-0.25, -0.2) is 0 Å². The van der Waals surface area contributed by atoms with Crippen molar-refractivity contribution in [2.45, 2.75) is 313 Å². The van der Waals surface area contributed by atoms with Crippen LogP contribution in [0.5, 0.6) is 0 Å². The lowest BCUT2D eigenvalue weighted by Crippen LogP contribution is -2.63. The Balaban J connectivity index is 0.660. The lowest BCUT2D eigenvalue weighted by molar-refractivity contribution is -0.347. The molecule has 21 heteroatoms. The molecule has 452 valence electrons. The van der Waals surface area contributed by atoms with Crippen molar-refractivity contribution >= 4 is 5.97 Å². The minimum absolute atomic E-state index is 0.0207. The number of esters is 1. The zero-order valence-corrected chi connectivity index (χ0v) is 47.2. The standard InChI is InChI=1S/C60H86O21/c1-25-13-32-7-9-36-26(2)14-34(67-36)11-12-59-56(65)60(66)55(81-59)54-53(80-60)52(79-59)51-37(71-54)10-8-33(69-51)16-46(64)74-50-30(6)49-42(70-41(50)17-38(68-32)29(25)5)19-40-44(73-49)22-58(75-40)23-45-48(78-58)28(4)21-57(77-45)20-27(3)47-43(76-57)18-39(72-47)35(63)15-31(62)24-61/h25,27-28,30-45,47-56,61-63,65-66H,2,5,7-24H2,1,3-4,6H3/t25-,27+,28+,30+,31-,32+,33-,34+,35+,36?,37+,38?,39+,40-,41+,42+,43+,44-,45+,47+,48+,49+,50?,51+,52+,53+,54?,55+,56+,57?,58+,59-,60?/m1/s1. The number of rotatable bonds is 4. The molecule has 0 aliphatic carbocycles. The summed E-state index contributed by atoms with van der Waals surface area (Å²) < 4.78 is 102. The fourth-order valence-electron chi connectivity index (χ4n) is 18.2. The smallest absolute Gasteiger partial charge is 0.308 e. The van der Waals surface area contributed by atoms with E-state index in [1.54, 1.807) is 0 Å². The molecule has 5 N–H and O–H groups in total. The van der Waals surface area contributed by atoms with E-state index in [0.717, 1.165) is 24.0 Å². The molecule has 16 saturated heterocycles. The van der Waals surface area contributed by atoms with Gasteiger partial charge in [-0.3, -0.25) is 4.79 Å². The molecule has 16 aliphatic rings. The van der Waals surface area contributed by atoms with Crippen molar-refractivity contribution in [3.05, 3.63) is 24.3 Å². The van der Waals surface area contributed by atoms with Gasteiger partial charge in [-0.2, -0.15) is 0 Å². The van der Waals surface area contributed by atoms with Gasteiger partial charge in [-0.1, -0.05) is 40.9 Å². The van der Waals surface area contributed by atoms with E-state index in [9.17, 15) is 30.3 Å². The first kappa shape index (κ1) is 55.7. The van der Waals surface area contributed by atoms with Gasteiger partial charge >= 0.3 is 5.97 Å². The first-order valence-electron chi connectivity index (χ1n) is 31.0. The first-order chi connectivity index (χ1) is 38.8. The molecule has 0 radical (unpaired) electrons. The van der Waals surface area contributed by atoms with Crippen molar-refractivity contribution in [1.82, 2.24) is 0 Å². The lowest BCUT2D eigenvalue weighted by atomic mass is 9.79. The molecular formula is C60H86O21. The Morgan fingerprint density at radius 3 is 2.10 bits per heavy atom. The minimum atomic E-state index is -2.03. The van der Waals surface area contributed by atoms with Crippen LogP contribution in [0.25, 0.3) is 0 Å². The second-order valence-corrected chi connectivity index (χ2v) is 27.8. The molecule has 0 aromatic carbocycles. The fraction of sp³-hybridized carbons (Fsp3) is 0.917. The second-order valence-electron chi connectivity index (χ2n) is 27.8. The molecule has 3 spiro atoms. The van der Waals surface area contributed by atoms with Crippen molar-refractivity contribution in [2.75, 3.05) is 6.61 Å². The number of fused-ring (bicyclic) bond motifs is 10. The van der Waals surface area contributed by atoms with Crippen LogP contribution in [0.2, 0.25) is 0 Å². The van der Waals surface area contributed by atoms with Crippen LogP contribution in [-0.2, 0) is 75.8 Å². The highest BCUT2D eigenvalue weighted by molar-refractivity contribution is 5.70. The van der Waals surface area contributed by atoms with E-state index in [1.165, 1.54) is 0 Å². The summed E-state index contributed by atoms with van der Waals surface area (Å²) in [5.74, 6) is -5.84. The largest absolute Gasteiger partial charge is 0.459 e. The monoisotopic (exact) mass is 1140 g/mol. The maximum absolute atomic E-state index is 14.6. The van der Waals surface area contributed by atoms with Crippen molar-refractivity contribution in [1.29, 1.82) is 0 Å². The zero-order chi connectivity index (χ0) is 55.8. The summed E-state index contributed by atoms with van der Waals surface area (Å²) in [5.41, 5.74) is 1.99. The third-order valence-electron chi connectivity index (χ3n) is 22.2. The molecule has 0 aromatic heterocycles. The van der Waals surface area contributed by atoms with Gasteiger partial charge in [-0.05, 0) is 73.8 Å². The van der Waals surface area contributed by atoms with Crippen molar-refractivity contribution in [2.24, 2.45) is 23.7 Å². The Kier molecular flexibility index (Phi) is 14.0. The normalized spacial score (nSPS) is 57.9. The van der Waals surface area contributed by atoms with Gasteiger partial charge in [-0.15, -0.1) is 0 Å². The van der Waals surface area contributed by atoms with E-state index in [1.807, 2.05) is 0 Å². The second kappa shape index (κ2) is 20.4. The highest BCUT2D eigenvalue weighted by Gasteiger charge is 2.79. The van der Waals surface area contributed by atoms with E-state index in [4.69, 9.17) is 71.1 Å². The first-order valence-corrected chi connectivity index (χ1v) is 31.0. The number of aliphatic hydroxyl groups excluding tert-OH is 4. The Hall–Kier alpha value is -1.81. The van der Waals surface area contributed by atoms with Gasteiger partial charge in [0.05, 0.1) is 123 Å². The van der Waals surface area contributed by atoms with Gasteiger partial charge in [0.15, 0.2) is 17.7 Å². The van der Waals surface area contributed by atoms with Gasteiger partial charge < -0.3 is 96.6 Å². The summed E-state index contributed by atoms with van der Waals surface area (Å²) in [6.07, 6.45) is -5.06. The number of aliphatic hydroxyl groups is 5. The minimum Gasteiger partial charge on any atom is -0.459 e. The molecule has 6 unspecified atom stereocenters. The molecule has 16 heterocycles. The van der Waals surface area contributed by atoms with Gasteiger partial charge in [0.25, 0.3) is 0 Å². The van der Waals surface area contributed by atoms with Crippen molar-refractivity contribution in [3.63, 3.8) is 0 Å². The number of carbonyl (C=O) groups is 1. The Bertz CT molecular complexity index is 2430. The van der Waals surface area contributed by atoms with Crippen LogP contribution in [0, 0.1) is 23.7 Å². The maximum atomic E-state index is 14.6. The van der Waals surface area contributed by atoms with Gasteiger partial charge in [0.2, 0.25) is 11.6 Å². The van der Waals surface area contributed by atoms with Gasteiger partial charge in [0.1, 0.15) is 36.6 Å². The number of carbonyl (C=O) groups excluding carboxylic acids is 1. The maximum Gasteiger partial charge on any atom is 0.308 e. The van der Waals surface area contributed by atoms with Crippen molar-refractivity contribution < 1.29 is 101 Å². The van der Waals surface area contributed by atoms with E-state index in [0.29, 0.717) is 77.0 Å². The van der Waals surface area contributed by atoms with Crippen LogP contribution in [0.1, 0.15) is 137 Å². The lowest BCUT2D eigenvalue weighted by Gasteiger charge is -2.50. The predicted molar refractivity (Wildman–Crippen MR) is 276 cm³/mol. The zero-order valence-electron chi connectivity index (χ0n) is 47.2. The topological polar surface area (TPSA) is 257 Å². The van der Waals surface area contributed by atoms with E-state index >= 15 is 0 Å². The summed E-state index contributed by atoms with van der Waals surface area (Å²) in [4.78, 5) is 14.6. The molecular weight excluding hydrogens is 1060 g/mol. The Labute approximate surface area is 473 Å². The van der Waals surface area contributed by atoms with Gasteiger partial charge in [0, 0.05) is 63.7 Å². The fourth-order valence-corrected chi connectivity index (χ4v) is 18.2. The molecule has 21 nitrogen and oxygen atoms in total. The number of ether oxygens (including phenoxy) is 15. The molecule has 0 amide bonds. The quantitative estimate of drug-likeness (QED) is 0.200. The van der Waals surface area contributed by atoms with E-state index < -0.39 is 121 Å². The Morgan fingerprint density at radius 1 is 0.568 bits per heavy atom. The summed E-state index contributed by atoms with van der Waals surface area (Å²) in [5, 5.41) is 54.2. The highest BCUT2D eigenvalue weighted by atomic mass is 16.8. The van der Waals surface area contributed by atoms with E-state index in [-0.39, 0.29) is 110 Å². The van der Waals surface area contributed by atoms with Crippen LogP contribution >= 0.6 is 0 Å². The molecule has 0 saturated carbocycles. The molecule has 33 atom stereocenters. The molecule has 16 rings (SSSR count). The highest BCUT2D eigenvalue weighted by Crippen LogP contribution is 2.60. The van der Waals surface area contributed by atoms with Crippen LogP contribution in [0.15, 0.2) is 24.3 Å². The number of hydrogen-bond donors (Lipinski definition) is 5.